The highest BCUT2D eigenvalue weighted by Crippen LogP contribution is 2.25. The van der Waals surface area contributed by atoms with Gasteiger partial charge >= 0.3 is 5.97 Å². The highest BCUT2D eigenvalue weighted by atomic mass is 35.5. The highest BCUT2D eigenvalue weighted by molar-refractivity contribution is 8.01. The van der Waals surface area contributed by atoms with Crippen LogP contribution in [-0.4, -0.2) is 32.9 Å². The van der Waals surface area contributed by atoms with Crippen LogP contribution < -0.4 is 5.32 Å². The predicted octanol–water partition coefficient (Wildman–Crippen LogP) is 2.93. The second-order valence-corrected chi connectivity index (χ2v) is 6.73. The van der Waals surface area contributed by atoms with Gasteiger partial charge in [-0.25, -0.2) is 4.79 Å². The van der Waals surface area contributed by atoms with Crippen LogP contribution in [0.15, 0.2) is 22.5 Å². The van der Waals surface area contributed by atoms with Crippen molar-refractivity contribution >= 4 is 52.3 Å². The van der Waals surface area contributed by atoms with Crippen LogP contribution in [0.4, 0.5) is 5.69 Å². The number of nitrogens with zero attached hydrogens (tertiary/aromatic N) is 2. The zero-order chi connectivity index (χ0) is 15.4. The molecule has 9 heteroatoms. The number of anilines is 1. The fourth-order valence-electron chi connectivity index (χ4n) is 1.40. The number of aryl methyl sites for hydroxylation is 1. The molecular weight excluding hydrogens is 334 g/mol. The quantitative estimate of drug-likeness (QED) is 0.811. The first kappa shape index (κ1) is 15.7. The molecule has 110 valence electrons. The Balaban J connectivity index is 1.99. The summed E-state index contributed by atoms with van der Waals surface area (Å²) in [6, 6.07) is 4.13. The molecule has 1 amide bonds. The maximum Gasteiger partial charge on any atom is 0.335 e. The number of thioether (sulfide) groups is 1. The maximum atomic E-state index is 11.8. The van der Waals surface area contributed by atoms with Crippen LogP contribution >= 0.6 is 34.7 Å². The number of benzene rings is 1. The van der Waals surface area contributed by atoms with Crippen molar-refractivity contribution in [2.75, 3.05) is 11.1 Å². The van der Waals surface area contributed by atoms with Crippen LogP contribution in [0.5, 0.6) is 0 Å². The van der Waals surface area contributed by atoms with Crippen LogP contribution in [0.3, 0.4) is 0 Å². The number of amides is 1. The third-order valence-corrected chi connectivity index (χ3v) is 4.62. The van der Waals surface area contributed by atoms with Gasteiger partial charge in [0.2, 0.25) is 5.91 Å². The first-order valence-electron chi connectivity index (χ1n) is 5.71. The summed E-state index contributed by atoms with van der Waals surface area (Å²) in [6.07, 6.45) is 0. The molecule has 0 radical (unpaired) electrons. The van der Waals surface area contributed by atoms with E-state index in [0.29, 0.717) is 4.34 Å². The van der Waals surface area contributed by atoms with Gasteiger partial charge in [0.25, 0.3) is 0 Å². The molecule has 0 atom stereocenters. The number of carbonyl (C=O) groups excluding carboxylic acids is 1. The fourth-order valence-corrected chi connectivity index (χ4v) is 3.18. The predicted molar refractivity (Wildman–Crippen MR) is 82.4 cm³/mol. The Kier molecular flexibility index (Phi) is 5.16. The van der Waals surface area contributed by atoms with Crippen molar-refractivity contribution in [2.24, 2.45) is 0 Å². The number of carboxylic acids is 1. The van der Waals surface area contributed by atoms with Gasteiger partial charge < -0.3 is 10.4 Å². The van der Waals surface area contributed by atoms with Crippen molar-refractivity contribution in [3.05, 3.63) is 33.8 Å². The van der Waals surface area contributed by atoms with Crippen molar-refractivity contribution < 1.29 is 14.7 Å². The molecule has 2 rings (SSSR count). The van der Waals surface area contributed by atoms with E-state index in [9.17, 15) is 9.59 Å². The number of hydrogen-bond acceptors (Lipinski definition) is 6. The average molecular weight is 344 g/mol. The number of aromatic carboxylic acids is 1. The Morgan fingerprint density at radius 2 is 2.19 bits per heavy atom. The number of hydrogen-bond donors (Lipinski definition) is 2. The number of nitrogens with one attached hydrogen (secondary N) is 1. The molecule has 1 aromatic heterocycles. The zero-order valence-electron chi connectivity index (χ0n) is 10.8. The van der Waals surface area contributed by atoms with Gasteiger partial charge in [-0.2, -0.15) is 0 Å². The molecule has 6 nitrogen and oxygen atoms in total. The summed E-state index contributed by atoms with van der Waals surface area (Å²) in [6.45, 7) is 1.83. The molecule has 0 fully saturated rings. The molecule has 0 bridgehead atoms. The van der Waals surface area contributed by atoms with E-state index >= 15 is 0 Å². The van der Waals surface area contributed by atoms with Gasteiger partial charge in [-0.15, -0.1) is 10.2 Å². The molecule has 0 saturated heterocycles. The van der Waals surface area contributed by atoms with Crippen molar-refractivity contribution in [1.82, 2.24) is 10.2 Å². The first-order chi connectivity index (χ1) is 9.95. The third-order valence-electron chi connectivity index (χ3n) is 2.32. The lowest BCUT2D eigenvalue weighted by Gasteiger charge is -2.07. The summed E-state index contributed by atoms with van der Waals surface area (Å²) in [4.78, 5) is 22.7. The Hall–Kier alpha value is -1.64. The van der Waals surface area contributed by atoms with Crippen LogP contribution in [0.2, 0.25) is 5.02 Å². The zero-order valence-corrected chi connectivity index (χ0v) is 13.2. The van der Waals surface area contributed by atoms with Crippen LogP contribution in [0, 0.1) is 6.92 Å². The molecule has 2 aromatic rings. The van der Waals surface area contributed by atoms with Gasteiger partial charge in [0.05, 0.1) is 22.0 Å². The number of rotatable bonds is 5. The molecule has 21 heavy (non-hydrogen) atoms. The normalized spacial score (nSPS) is 10.4. The van der Waals surface area contributed by atoms with Gasteiger partial charge in [-0.1, -0.05) is 34.7 Å². The van der Waals surface area contributed by atoms with E-state index in [0.717, 1.165) is 5.01 Å². The minimum absolute atomic E-state index is 0.0575. The smallest absolute Gasteiger partial charge is 0.335 e. The van der Waals surface area contributed by atoms with E-state index in [-0.39, 0.29) is 27.9 Å². The van der Waals surface area contributed by atoms with Gasteiger partial charge in [0.1, 0.15) is 5.01 Å². The molecule has 0 aliphatic carbocycles. The summed E-state index contributed by atoms with van der Waals surface area (Å²) >= 11 is 8.59. The molecule has 2 N–H and O–H groups in total. The van der Waals surface area contributed by atoms with Crippen molar-refractivity contribution in [3.63, 3.8) is 0 Å². The van der Waals surface area contributed by atoms with Crippen molar-refractivity contribution in [2.45, 2.75) is 11.3 Å². The van der Waals surface area contributed by atoms with E-state index in [1.54, 1.807) is 0 Å². The van der Waals surface area contributed by atoms with Gasteiger partial charge in [-0.05, 0) is 25.1 Å². The van der Waals surface area contributed by atoms with E-state index in [1.165, 1.54) is 41.3 Å². The van der Waals surface area contributed by atoms with Crippen LogP contribution in [0.25, 0.3) is 0 Å². The monoisotopic (exact) mass is 343 g/mol. The minimum Gasteiger partial charge on any atom is -0.478 e. The summed E-state index contributed by atoms with van der Waals surface area (Å²) < 4.78 is 0.702. The standard InChI is InChI=1S/C12H10ClN3O3S2/c1-6-15-16-12(21-6)20-5-10(17)14-9-4-7(11(18)19)2-3-8(9)13/h2-4H,5H2,1H3,(H,14,17)(H,18,19). The molecule has 0 saturated carbocycles. The summed E-state index contributed by atoms with van der Waals surface area (Å²) in [5, 5.41) is 20.4. The number of halogens is 1. The molecule has 0 unspecified atom stereocenters. The van der Waals surface area contributed by atoms with E-state index in [4.69, 9.17) is 16.7 Å². The van der Waals surface area contributed by atoms with Gasteiger partial charge in [0.15, 0.2) is 4.34 Å². The molecule has 1 heterocycles. The maximum absolute atomic E-state index is 11.8. The average Bonchev–Trinajstić information content (AvgIpc) is 2.84. The fraction of sp³-hybridized carbons (Fsp3) is 0.167. The lowest BCUT2D eigenvalue weighted by molar-refractivity contribution is -0.113. The second kappa shape index (κ2) is 6.88. The van der Waals surface area contributed by atoms with E-state index in [1.807, 2.05) is 6.92 Å². The SMILES string of the molecule is Cc1nnc(SCC(=O)Nc2cc(C(=O)O)ccc2Cl)s1. The van der Waals surface area contributed by atoms with Crippen LogP contribution in [0.1, 0.15) is 15.4 Å². The second-order valence-electron chi connectivity index (χ2n) is 3.92. The topological polar surface area (TPSA) is 92.2 Å². The van der Waals surface area contributed by atoms with E-state index in [2.05, 4.69) is 15.5 Å². The summed E-state index contributed by atoms with van der Waals surface area (Å²) in [7, 11) is 0. The van der Waals surface area contributed by atoms with Gasteiger partial charge in [-0.3, -0.25) is 4.79 Å². The lowest BCUT2D eigenvalue weighted by Crippen LogP contribution is -2.14. The van der Waals surface area contributed by atoms with Gasteiger partial charge in [0, 0.05) is 0 Å². The lowest BCUT2D eigenvalue weighted by atomic mass is 10.2. The largest absolute Gasteiger partial charge is 0.478 e. The molecule has 0 aliphatic rings. The summed E-state index contributed by atoms with van der Waals surface area (Å²) in [5.41, 5.74) is 0.331. The highest BCUT2D eigenvalue weighted by Gasteiger charge is 2.11. The molecular formula is C12H10ClN3O3S2. The third kappa shape index (κ3) is 4.42. The Morgan fingerprint density at radius 3 is 2.81 bits per heavy atom. The summed E-state index contributed by atoms with van der Waals surface area (Å²) in [5.74, 6) is -1.24. The molecule has 1 aromatic carbocycles. The van der Waals surface area contributed by atoms with E-state index < -0.39 is 5.97 Å². The van der Waals surface area contributed by atoms with Crippen molar-refractivity contribution in [1.29, 1.82) is 0 Å². The molecule has 0 spiro atoms. The van der Waals surface area contributed by atoms with Crippen LogP contribution in [-0.2, 0) is 4.79 Å². The number of carboxylic acid groups (broad SMARTS) is 1. The minimum atomic E-state index is -1.08. The number of aromatic nitrogens is 2. The first-order valence-corrected chi connectivity index (χ1v) is 7.89. The molecule has 0 aliphatic heterocycles. The Bertz CT molecular complexity index is 690. The number of carbonyl (C=O) groups is 2. The van der Waals surface area contributed by atoms with Crippen molar-refractivity contribution in [3.8, 4) is 0 Å². The Morgan fingerprint density at radius 1 is 1.43 bits per heavy atom. The Labute approximate surface area is 133 Å².